The summed E-state index contributed by atoms with van der Waals surface area (Å²) in [5, 5.41) is 3.44. The molecule has 116 valence electrons. The average Bonchev–Trinajstić information content (AvgIpc) is 2.81. The second-order valence-electron chi connectivity index (χ2n) is 6.02. The Bertz CT molecular complexity index is 281. The van der Waals surface area contributed by atoms with Gasteiger partial charge in [-0.15, -0.1) is 0 Å². The quantitative estimate of drug-likeness (QED) is 0.601. The van der Waals surface area contributed by atoms with E-state index in [-0.39, 0.29) is 18.1 Å². The Morgan fingerprint density at radius 3 is 2.55 bits per heavy atom. The molecule has 4 nitrogen and oxygen atoms in total. The zero-order valence-corrected chi connectivity index (χ0v) is 12.7. The van der Waals surface area contributed by atoms with Crippen molar-refractivity contribution in [3.63, 3.8) is 0 Å². The molecule has 1 aliphatic carbocycles. The van der Waals surface area contributed by atoms with E-state index < -0.39 is 0 Å². The largest absolute Gasteiger partial charge is 0.465 e. The summed E-state index contributed by atoms with van der Waals surface area (Å²) in [6.45, 7) is 3.98. The molecule has 20 heavy (non-hydrogen) atoms. The van der Waals surface area contributed by atoms with E-state index in [9.17, 15) is 4.79 Å². The molecule has 0 bridgehead atoms. The lowest BCUT2D eigenvalue weighted by molar-refractivity contribution is -0.147. The maximum Gasteiger partial charge on any atom is 0.323 e. The monoisotopic (exact) mass is 283 g/mol. The third kappa shape index (κ3) is 4.74. The van der Waals surface area contributed by atoms with E-state index in [0.717, 1.165) is 38.8 Å². The van der Waals surface area contributed by atoms with Gasteiger partial charge in [0.2, 0.25) is 0 Å². The van der Waals surface area contributed by atoms with Crippen LogP contribution in [0, 0.1) is 5.92 Å². The zero-order chi connectivity index (χ0) is 14.2. The average molecular weight is 283 g/mol. The minimum atomic E-state index is -0.141. The van der Waals surface area contributed by atoms with Crippen molar-refractivity contribution in [3.05, 3.63) is 0 Å². The second kappa shape index (κ2) is 8.63. The third-order valence-electron chi connectivity index (χ3n) is 4.50. The van der Waals surface area contributed by atoms with Crippen LogP contribution in [0.3, 0.4) is 0 Å². The molecule has 0 aromatic carbocycles. The summed E-state index contributed by atoms with van der Waals surface area (Å²) in [6.07, 6.45) is 9.88. The van der Waals surface area contributed by atoms with E-state index in [1.165, 1.54) is 25.7 Å². The highest BCUT2D eigenvalue weighted by atomic mass is 16.5. The fourth-order valence-corrected chi connectivity index (χ4v) is 3.38. The first-order chi connectivity index (χ1) is 9.81. The van der Waals surface area contributed by atoms with Gasteiger partial charge in [-0.25, -0.2) is 0 Å². The maximum atomic E-state index is 12.2. The molecule has 2 atom stereocenters. The lowest BCUT2D eigenvalue weighted by atomic mass is 9.91. The van der Waals surface area contributed by atoms with Crippen LogP contribution in [0.25, 0.3) is 0 Å². The lowest BCUT2D eigenvalue weighted by Gasteiger charge is -2.26. The summed E-state index contributed by atoms with van der Waals surface area (Å²) in [5.74, 6) is 0.357. The molecule has 0 radical (unpaired) electrons. The summed E-state index contributed by atoms with van der Waals surface area (Å²) in [5.41, 5.74) is 0. The normalized spacial score (nSPS) is 26.1. The SMILES string of the molecule is CCOC(=O)C(NCC1CCCO1)C1CCCCCC1. The van der Waals surface area contributed by atoms with Crippen LogP contribution in [0.4, 0.5) is 0 Å². The van der Waals surface area contributed by atoms with Gasteiger partial charge in [-0.2, -0.15) is 0 Å². The Morgan fingerprint density at radius 1 is 1.20 bits per heavy atom. The molecule has 0 aromatic rings. The highest BCUT2D eigenvalue weighted by Gasteiger charge is 2.30. The molecule has 0 aromatic heterocycles. The standard InChI is InChI=1S/C16H29NO3/c1-2-19-16(18)15(13-8-5-3-4-6-9-13)17-12-14-10-7-11-20-14/h13-15,17H,2-12H2,1H3. The molecule has 2 unspecified atom stereocenters. The lowest BCUT2D eigenvalue weighted by Crippen LogP contribution is -2.46. The number of carbonyl (C=O) groups is 1. The van der Waals surface area contributed by atoms with Gasteiger partial charge in [0.15, 0.2) is 0 Å². The van der Waals surface area contributed by atoms with E-state index in [1.54, 1.807) is 0 Å². The van der Waals surface area contributed by atoms with E-state index >= 15 is 0 Å². The number of nitrogens with one attached hydrogen (secondary N) is 1. The van der Waals surface area contributed by atoms with E-state index in [1.807, 2.05) is 6.92 Å². The molecule has 4 heteroatoms. The molecule has 1 saturated carbocycles. The number of carbonyl (C=O) groups excluding carboxylic acids is 1. The maximum absolute atomic E-state index is 12.2. The number of hydrogen-bond acceptors (Lipinski definition) is 4. The van der Waals surface area contributed by atoms with E-state index in [4.69, 9.17) is 9.47 Å². The van der Waals surface area contributed by atoms with Crippen LogP contribution < -0.4 is 5.32 Å². The summed E-state index contributed by atoms with van der Waals surface area (Å²) in [4.78, 5) is 12.2. The topological polar surface area (TPSA) is 47.6 Å². The van der Waals surface area contributed by atoms with Gasteiger partial charge < -0.3 is 14.8 Å². The van der Waals surface area contributed by atoms with Crippen molar-refractivity contribution >= 4 is 5.97 Å². The van der Waals surface area contributed by atoms with Gasteiger partial charge in [0, 0.05) is 13.2 Å². The van der Waals surface area contributed by atoms with Crippen LogP contribution in [0.5, 0.6) is 0 Å². The van der Waals surface area contributed by atoms with Crippen molar-refractivity contribution in [1.82, 2.24) is 5.32 Å². The minimum Gasteiger partial charge on any atom is -0.465 e. The van der Waals surface area contributed by atoms with Crippen LogP contribution >= 0.6 is 0 Å². The van der Waals surface area contributed by atoms with Crippen LogP contribution in [0.15, 0.2) is 0 Å². The molecule has 0 spiro atoms. The van der Waals surface area contributed by atoms with Crippen LogP contribution in [0.2, 0.25) is 0 Å². The number of esters is 1. The summed E-state index contributed by atoms with van der Waals surface area (Å²) < 4.78 is 10.9. The number of ether oxygens (including phenoxy) is 2. The van der Waals surface area contributed by atoms with Crippen molar-refractivity contribution in [3.8, 4) is 0 Å². The van der Waals surface area contributed by atoms with Gasteiger partial charge in [0.05, 0.1) is 12.7 Å². The number of rotatable bonds is 6. The first-order valence-electron chi connectivity index (χ1n) is 8.33. The summed E-state index contributed by atoms with van der Waals surface area (Å²) in [7, 11) is 0. The molecular formula is C16H29NO3. The predicted octanol–water partition coefficient (Wildman–Crippen LogP) is 2.66. The molecule has 2 fully saturated rings. The van der Waals surface area contributed by atoms with Crippen LogP contribution in [-0.2, 0) is 14.3 Å². The Balaban J connectivity index is 1.89. The van der Waals surface area contributed by atoms with Crippen molar-refractivity contribution in [1.29, 1.82) is 0 Å². The first kappa shape index (κ1) is 15.8. The molecule has 2 rings (SSSR count). The van der Waals surface area contributed by atoms with Crippen molar-refractivity contribution < 1.29 is 14.3 Å². The Morgan fingerprint density at radius 2 is 1.95 bits per heavy atom. The highest BCUT2D eigenvalue weighted by Crippen LogP contribution is 2.26. The third-order valence-corrected chi connectivity index (χ3v) is 4.50. The summed E-state index contributed by atoms with van der Waals surface area (Å²) in [6, 6.07) is -0.141. The smallest absolute Gasteiger partial charge is 0.323 e. The minimum absolute atomic E-state index is 0.0719. The van der Waals surface area contributed by atoms with Crippen molar-refractivity contribution in [2.24, 2.45) is 5.92 Å². The molecule has 1 N–H and O–H groups in total. The Kier molecular flexibility index (Phi) is 6.80. The fourth-order valence-electron chi connectivity index (χ4n) is 3.38. The number of hydrogen-bond donors (Lipinski definition) is 1. The van der Waals surface area contributed by atoms with E-state index in [2.05, 4.69) is 5.32 Å². The summed E-state index contributed by atoms with van der Waals surface area (Å²) >= 11 is 0. The molecule has 1 heterocycles. The first-order valence-corrected chi connectivity index (χ1v) is 8.33. The van der Waals surface area contributed by atoms with E-state index in [0.29, 0.717) is 12.5 Å². The molecule has 1 saturated heterocycles. The van der Waals surface area contributed by atoms with Gasteiger partial charge >= 0.3 is 5.97 Å². The van der Waals surface area contributed by atoms with Gasteiger partial charge in [-0.05, 0) is 38.5 Å². The van der Waals surface area contributed by atoms with Gasteiger partial charge in [-0.3, -0.25) is 4.79 Å². The van der Waals surface area contributed by atoms with Crippen LogP contribution in [0.1, 0.15) is 58.3 Å². The molecular weight excluding hydrogens is 254 g/mol. The Hall–Kier alpha value is -0.610. The molecule has 2 aliphatic rings. The molecule has 1 aliphatic heterocycles. The van der Waals surface area contributed by atoms with Gasteiger partial charge in [0.25, 0.3) is 0 Å². The van der Waals surface area contributed by atoms with Gasteiger partial charge in [-0.1, -0.05) is 25.7 Å². The van der Waals surface area contributed by atoms with Crippen molar-refractivity contribution in [2.75, 3.05) is 19.8 Å². The van der Waals surface area contributed by atoms with Crippen LogP contribution in [-0.4, -0.2) is 37.9 Å². The highest BCUT2D eigenvalue weighted by molar-refractivity contribution is 5.76. The predicted molar refractivity (Wildman–Crippen MR) is 78.6 cm³/mol. The zero-order valence-electron chi connectivity index (χ0n) is 12.7. The Labute approximate surface area is 122 Å². The fraction of sp³-hybridized carbons (Fsp3) is 0.938. The second-order valence-corrected chi connectivity index (χ2v) is 6.02. The van der Waals surface area contributed by atoms with Gasteiger partial charge in [0.1, 0.15) is 6.04 Å². The van der Waals surface area contributed by atoms with Crippen molar-refractivity contribution in [2.45, 2.75) is 70.4 Å². The molecule has 0 amide bonds.